The first kappa shape index (κ1) is 25.6. The molecule has 2 aromatic heterocycles. The molecular weight excluding hydrogens is 475 g/mol. The highest BCUT2D eigenvalue weighted by Gasteiger charge is 2.33. The summed E-state index contributed by atoms with van der Waals surface area (Å²) in [6.07, 6.45) is 5.19. The molecule has 2 saturated heterocycles. The van der Waals surface area contributed by atoms with Gasteiger partial charge in [0.25, 0.3) is 5.95 Å². The number of carbonyl (C=O) groups is 1. The number of ether oxygens (including phenoxy) is 1. The van der Waals surface area contributed by atoms with Crippen molar-refractivity contribution in [2.45, 2.75) is 83.8 Å². The molecule has 0 unspecified atom stereocenters. The van der Waals surface area contributed by atoms with E-state index < -0.39 is 5.60 Å². The average Bonchev–Trinajstić information content (AvgIpc) is 3.50. The maximum atomic E-state index is 14.7. The second-order valence-electron chi connectivity index (χ2n) is 11.2. The molecular formula is C27H37FN6O3. The van der Waals surface area contributed by atoms with E-state index in [0.29, 0.717) is 17.4 Å². The van der Waals surface area contributed by atoms with Crippen molar-refractivity contribution in [1.29, 1.82) is 0 Å². The maximum absolute atomic E-state index is 14.7. The molecule has 2 fully saturated rings. The van der Waals surface area contributed by atoms with Gasteiger partial charge in [-0.2, -0.15) is 14.8 Å². The molecule has 0 bridgehead atoms. The van der Waals surface area contributed by atoms with Crippen LogP contribution >= 0.6 is 0 Å². The lowest BCUT2D eigenvalue weighted by atomic mass is 9.93. The van der Waals surface area contributed by atoms with Crippen molar-refractivity contribution >= 4 is 17.0 Å². The van der Waals surface area contributed by atoms with Crippen LogP contribution in [-0.4, -0.2) is 73.6 Å². The lowest BCUT2D eigenvalue weighted by Crippen LogP contribution is -2.49. The van der Waals surface area contributed by atoms with Crippen LogP contribution in [0.3, 0.4) is 0 Å². The fourth-order valence-electron chi connectivity index (χ4n) is 5.48. The number of hydrogen-bond donors (Lipinski definition) is 0. The molecule has 2 aliphatic rings. The van der Waals surface area contributed by atoms with Gasteiger partial charge in [0.05, 0.1) is 5.69 Å². The Hall–Kier alpha value is -3.01. The van der Waals surface area contributed by atoms with Crippen molar-refractivity contribution in [3.8, 4) is 5.95 Å². The van der Waals surface area contributed by atoms with Crippen LogP contribution in [0.25, 0.3) is 16.9 Å². The molecule has 0 spiro atoms. The zero-order valence-electron chi connectivity index (χ0n) is 22.2. The molecule has 10 heteroatoms. The third-order valence-corrected chi connectivity index (χ3v) is 7.35. The Labute approximate surface area is 216 Å². The number of benzene rings is 1. The summed E-state index contributed by atoms with van der Waals surface area (Å²) in [5, 5.41) is 9.59. The quantitative estimate of drug-likeness (QED) is 0.471. The van der Waals surface area contributed by atoms with Crippen molar-refractivity contribution in [1.82, 2.24) is 29.7 Å². The fourth-order valence-corrected chi connectivity index (χ4v) is 5.48. The van der Waals surface area contributed by atoms with Gasteiger partial charge in [-0.05, 0) is 77.2 Å². The monoisotopic (exact) mass is 512 g/mol. The smallest absolute Gasteiger partial charge is 0.410 e. The highest BCUT2D eigenvalue weighted by Crippen LogP contribution is 2.31. The van der Waals surface area contributed by atoms with Gasteiger partial charge in [-0.1, -0.05) is 25.5 Å². The van der Waals surface area contributed by atoms with E-state index in [4.69, 9.17) is 9.26 Å². The normalized spacial score (nSPS) is 18.6. The van der Waals surface area contributed by atoms with Crippen molar-refractivity contribution in [3.63, 3.8) is 0 Å². The van der Waals surface area contributed by atoms with E-state index in [1.165, 1.54) is 10.7 Å². The number of aryl methyl sites for hydroxylation is 1. The minimum atomic E-state index is -0.471. The van der Waals surface area contributed by atoms with Crippen molar-refractivity contribution in [2.24, 2.45) is 0 Å². The molecule has 200 valence electrons. The summed E-state index contributed by atoms with van der Waals surface area (Å²) >= 11 is 0. The Kier molecular flexibility index (Phi) is 7.20. The summed E-state index contributed by atoms with van der Waals surface area (Å²) in [7, 11) is 0. The van der Waals surface area contributed by atoms with Gasteiger partial charge in [-0.25, -0.2) is 9.18 Å². The maximum Gasteiger partial charge on any atom is 0.410 e. The standard InChI is InChI=1S/C27H37FN6O3/c1-5-7-22-20-8-6-9-21(28)23(20)34(30-22)25-29-24(37-31-25)18-10-14-32(15-11-18)19-12-16-33(17-13-19)26(35)36-27(2,3)4/h6,8-9,18-19H,5,7,10-17H2,1-4H3. The van der Waals surface area contributed by atoms with Crippen molar-refractivity contribution < 1.29 is 18.4 Å². The number of likely N-dealkylation sites (tertiary alicyclic amines) is 2. The predicted octanol–water partition coefficient (Wildman–Crippen LogP) is 5.08. The summed E-state index contributed by atoms with van der Waals surface area (Å²) in [5.74, 6) is 0.696. The number of halogens is 1. The zero-order valence-corrected chi connectivity index (χ0v) is 22.2. The van der Waals surface area contributed by atoms with Crippen LogP contribution in [0.15, 0.2) is 22.7 Å². The predicted molar refractivity (Wildman–Crippen MR) is 137 cm³/mol. The van der Waals surface area contributed by atoms with E-state index in [1.54, 1.807) is 6.07 Å². The van der Waals surface area contributed by atoms with Gasteiger partial charge < -0.3 is 19.1 Å². The van der Waals surface area contributed by atoms with Gasteiger partial charge in [0, 0.05) is 30.4 Å². The van der Waals surface area contributed by atoms with Crippen LogP contribution in [0.4, 0.5) is 9.18 Å². The lowest BCUT2D eigenvalue weighted by molar-refractivity contribution is 0.0124. The SMILES string of the molecule is CCCc1nn(-c2noc(C3CCN(C4CCN(C(=O)OC(C)(C)C)CC4)CC3)n2)c2c(F)cccc12. The van der Waals surface area contributed by atoms with Gasteiger partial charge in [-0.3, -0.25) is 0 Å². The molecule has 2 aliphatic heterocycles. The number of carbonyl (C=O) groups excluding carboxylic acids is 1. The van der Waals surface area contributed by atoms with E-state index in [9.17, 15) is 9.18 Å². The third kappa shape index (κ3) is 5.49. The molecule has 0 radical (unpaired) electrons. The molecule has 0 N–H and O–H groups in total. The van der Waals surface area contributed by atoms with E-state index in [1.807, 2.05) is 31.7 Å². The zero-order chi connectivity index (χ0) is 26.2. The van der Waals surface area contributed by atoms with E-state index in [2.05, 4.69) is 27.1 Å². The molecule has 3 aromatic rings. The highest BCUT2D eigenvalue weighted by atomic mass is 19.1. The summed E-state index contributed by atoms with van der Waals surface area (Å²) < 4.78 is 27.4. The van der Waals surface area contributed by atoms with Crippen LogP contribution in [-0.2, 0) is 11.2 Å². The molecule has 0 aliphatic carbocycles. The van der Waals surface area contributed by atoms with Crippen LogP contribution in [0, 0.1) is 5.82 Å². The Morgan fingerprint density at radius 2 is 1.86 bits per heavy atom. The first-order chi connectivity index (χ1) is 17.7. The van der Waals surface area contributed by atoms with Gasteiger partial charge in [0.1, 0.15) is 16.9 Å². The molecule has 1 amide bonds. The number of nitrogens with zero attached hydrogens (tertiary/aromatic N) is 6. The summed E-state index contributed by atoms with van der Waals surface area (Å²) in [4.78, 5) is 21.4. The molecule has 1 aromatic carbocycles. The van der Waals surface area contributed by atoms with Crippen LogP contribution in [0.1, 0.15) is 77.3 Å². The number of amides is 1. The van der Waals surface area contributed by atoms with E-state index in [-0.39, 0.29) is 23.8 Å². The molecule has 37 heavy (non-hydrogen) atoms. The summed E-state index contributed by atoms with van der Waals surface area (Å²) in [5.41, 5.74) is 0.765. The number of piperidine rings is 2. The number of aromatic nitrogens is 4. The van der Waals surface area contributed by atoms with E-state index >= 15 is 0 Å². The van der Waals surface area contributed by atoms with Crippen molar-refractivity contribution in [2.75, 3.05) is 26.2 Å². The molecule has 0 atom stereocenters. The van der Waals surface area contributed by atoms with Gasteiger partial charge >= 0.3 is 6.09 Å². The average molecular weight is 513 g/mol. The number of hydrogen-bond acceptors (Lipinski definition) is 7. The molecule has 5 rings (SSSR count). The van der Waals surface area contributed by atoms with Crippen LogP contribution in [0.5, 0.6) is 0 Å². The highest BCUT2D eigenvalue weighted by molar-refractivity contribution is 5.83. The Balaban J connectivity index is 1.20. The largest absolute Gasteiger partial charge is 0.444 e. The van der Waals surface area contributed by atoms with Crippen molar-refractivity contribution in [3.05, 3.63) is 35.6 Å². The lowest BCUT2D eigenvalue weighted by Gasteiger charge is -2.41. The first-order valence-corrected chi connectivity index (χ1v) is 13.5. The molecule has 4 heterocycles. The topological polar surface area (TPSA) is 89.5 Å². The molecule has 0 saturated carbocycles. The minimum Gasteiger partial charge on any atom is -0.444 e. The Morgan fingerprint density at radius 3 is 2.54 bits per heavy atom. The van der Waals surface area contributed by atoms with Gasteiger partial charge in [0.2, 0.25) is 5.89 Å². The third-order valence-electron chi connectivity index (χ3n) is 7.35. The summed E-state index contributed by atoms with van der Waals surface area (Å²) in [6, 6.07) is 5.50. The number of para-hydroxylation sites is 1. The molecule has 9 nitrogen and oxygen atoms in total. The summed E-state index contributed by atoms with van der Waals surface area (Å²) in [6.45, 7) is 11.1. The Morgan fingerprint density at radius 1 is 1.14 bits per heavy atom. The first-order valence-electron chi connectivity index (χ1n) is 13.5. The van der Waals surface area contributed by atoms with Crippen LogP contribution < -0.4 is 0 Å². The number of fused-ring (bicyclic) bond motifs is 1. The second kappa shape index (κ2) is 10.4. The van der Waals surface area contributed by atoms with Gasteiger partial charge in [-0.15, -0.1) is 0 Å². The second-order valence-corrected chi connectivity index (χ2v) is 11.2. The van der Waals surface area contributed by atoms with Crippen LogP contribution in [0.2, 0.25) is 0 Å². The minimum absolute atomic E-state index is 0.168. The van der Waals surface area contributed by atoms with E-state index in [0.717, 1.165) is 75.8 Å². The Bertz CT molecular complexity index is 1230. The fraction of sp³-hybridized carbons (Fsp3) is 0.630. The van der Waals surface area contributed by atoms with Gasteiger partial charge in [0.15, 0.2) is 0 Å². The number of rotatable bonds is 5.